The number of aryl methyl sites for hydroxylation is 1. The average Bonchev–Trinajstić information content (AvgIpc) is 2.89. The summed E-state index contributed by atoms with van der Waals surface area (Å²) in [6.45, 7) is 2.36. The average molecular weight is 550 g/mol. The Kier molecular flexibility index (Phi) is 7.89. The molecule has 2 aromatic carbocycles. The van der Waals surface area contributed by atoms with E-state index in [9.17, 15) is 16.8 Å². The number of anilines is 1. The van der Waals surface area contributed by atoms with Crippen LogP contribution in [-0.4, -0.2) is 52.4 Å². The number of pyridine rings is 1. The lowest BCUT2D eigenvalue weighted by Crippen LogP contribution is -2.49. The molecular weight excluding hydrogens is 522 g/mol. The van der Waals surface area contributed by atoms with Gasteiger partial charge in [0, 0.05) is 19.1 Å². The Morgan fingerprint density at radius 2 is 1.67 bits per heavy atom. The van der Waals surface area contributed by atoms with Gasteiger partial charge in [0.25, 0.3) is 10.0 Å². The number of benzene rings is 2. The Balaban J connectivity index is 1.63. The van der Waals surface area contributed by atoms with Crippen molar-refractivity contribution >= 4 is 37.5 Å². The maximum Gasteiger partial charge on any atom is 0.267 e. The van der Waals surface area contributed by atoms with Crippen LogP contribution < -0.4 is 9.04 Å². The Labute approximate surface area is 217 Å². The Morgan fingerprint density at radius 3 is 2.22 bits per heavy atom. The van der Waals surface area contributed by atoms with Gasteiger partial charge < -0.3 is 4.74 Å². The van der Waals surface area contributed by atoms with Crippen LogP contribution in [0.3, 0.4) is 0 Å². The molecule has 11 heteroatoms. The summed E-state index contributed by atoms with van der Waals surface area (Å²) in [7, 11) is -6.28. The lowest BCUT2D eigenvalue weighted by atomic mass is 10.1. The van der Waals surface area contributed by atoms with E-state index in [0.717, 1.165) is 12.0 Å². The van der Waals surface area contributed by atoms with E-state index in [2.05, 4.69) is 4.98 Å². The smallest absolute Gasteiger partial charge is 0.267 e. The molecule has 1 aromatic heterocycles. The van der Waals surface area contributed by atoms with E-state index in [1.165, 1.54) is 34.0 Å². The number of halogens is 1. The van der Waals surface area contributed by atoms with E-state index < -0.39 is 26.1 Å². The third kappa shape index (κ3) is 5.22. The summed E-state index contributed by atoms with van der Waals surface area (Å²) in [5, 5.41) is 0.103. The first-order valence-electron chi connectivity index (χ1n) is 11.6. The molecule has 3 aromatic rings. The van der Waals surface area contributed by atoms with Crippen LogP contribution in [0.25, 0.3) is 0 Å². The van der Waals surface area contributed by atoms with Crippen molar-refractivity contribution in [2.75, 3.05) is 24.5 Å². The molecule has 1 fully saturated rings. The zero-order chi connectivity index (χ0) is 25.9. The molecule has 0 N–H and O–H groups in total. The fourth-order valence-corrected chi connectivity index (χ4v) is 7.89. The van der Waals surface area contributed by atoms with Crippen molar-refractivity contribution in [1.82, 2.24) is 9.29 Å². The van der Waals surface area contributed by atoms with Crippen LogP contribution in [0.1, 0.15) is 25.3 Å². The van der Waals surface area contributed by atoms with E-state index >= 15 is 0 Å². The van der Waals surface area contributed by atoms with Crippen LogP contribution in [0.5, 0.6) is 5.75 Å². The second-order valence-corrected chi connectivity index (χ2v) is 12.5. The first-order chi connectivity index (χ1) is 17.2. The molecule has 0 saturated carbocycles. The van der Waals surface area contributed by atoms with Gasteiger partial charge in [-0.15, -0.1) is 0 Å². The predicted molar refractivity (Wildman–Crippen MR) is 140 cm³/mol. The van der Waals surface area contributed by atoms with Crippen molar-refractivity contribution < 1.29 is 21.6 Å². The molecule has 192 valence electrons. The summed E-state index contributed by atoms with van der Waals surface area (Å²) in [6, 6.07) is 15.8. The molecule has 36 heavy (non-hydrogen) atoms. The molecule has 1 aliphatic rings. The van der Waals surface area contributed by atoms with Crippen LogP contribution >= 0.6 is 11.6 Å². The fourth-order valence-electron chi connectivity index (χ4n) is 4.25. The molecule has 0 amide bonds. The molecule has 0 bridgehead atoms. The van der Waals surface area contributed by atoms with E-state index in [1.54, 1.807) is 36.4 Å². The highest BCUT2D eigenvalue weighted by atomic mass is 35.5. The highest BCUT2D eigenvalue weighted by Crippen LogP contribution is 2.33. The molecule has 2 heterocycles. The van der Waals surface area contributed by atoms with E-state index in [0.29, 0.717) is 18.6 Å². The molecule has 1 saturated heterocycles. The molecule has 0 unspecified atom stereocenters. The second kappa shape index (κ2) is 10.8. The quantitative estimate of drug-likeness (QED) is 0.414. The number of nitrogens with zero attached hydrogens (tertiary/aromatic N) is 3. The van der Waals surface area contributed by atoms with Gasteiger partial charge in [-0.3, -0.25) is 0 Å². The predicted octanol–water partition coefficient (Wildman–Crippen LogP) is 4.35. The largest absolute Gasteiger partial charge is 0.495 e. The van der Waals surface area contributed by atoms with Gasteiger partial charge in [0.2, 0.25) is 10.0 Å². The number of hydrogen-bond donors (Lipinski definition) is 0. The normalized spacial score (nSPS) is 15.5. The first kappa shape index (κ1) is 26.4. The van der Waals surface area contributed by atoms with Crippen molar-refractivity contribution in [1.29, 1.82) is 0 Å². The minimum Gasteiger partial charge on any atom is -0.495 e. The van der Waals surface area contributed by atoms with Crippen molar-refractivity contribution in [2.24, 2.45) is 0 Å². The van der Waals surface area contributed by atoms with Gasteiger partial charge in [-0.25, -0.2) is 26.1 Å². The molecule has 0 spiro atoms. The number of hydrogen-bond acceptors (Lipinski definition) is 6. The number of ether oxygens (including phenoxy) is 1. The van der Waals surface area contributed by atoms with E-state index in [1.807, 2.05) is 19.1 Å². The first-order valence-corrected chi connectivity index (χ1v) is 14.8. The zero-order valence-corrected chi connectivity index (χ0v) is 22.4. The van der Waals surface area contributed by atoms with Gasteiger partial charge in [-0.1, -0.05) is 42.8 Å². The second-order valence-electron chi connectivity index (χ2n) is 8.42. The molecule has 0 radical (unpaired) electrons. The van der Waals surface area contributed by atoms with Crippen LogP contribution in [0.15, 0.2) is 76.7 Å². The molecule has 4 rings (SSSR count). The summed E-state index contributed by atoms with van der Waals surface area (Å²) < 4.78 is 61.9. The molecule has 1 aliphatic heterocycles. The van der Waals surface area contributed by atoms with Gasteiger partial charge in [0.1, 0.15) is 16.5 Å². The van der Waals surface area contributed by atoms with Crippen molar-refractivity contribution in [3.63, 3.8) is 0 Å². The Hall–Kier alpha value is -2.66. The minimum absolute atomic E-state index is 0.0321. The summed E-state index contributed by atoms with van der Waals surface area (Å²) >= 11 is 6.27. The van der Waals surface area contributed by atoms with Crippen molar-refractivity contribution in [3.05, 3.63) is 77.4 Å². The highest BCUT2D eigenvalue weighted by molar-refractivity contribution is 7.93. The van der Waals surface area contributed by atoms with Gasteiger partial charge in [-0.05, 0) is 61.2 Å². The topological polar surface area (TPSA) is 96.9 Å². The maximum atomic E-state index is 13.8. The zero-order valence-electron chi connectivity index (χ0n) is 20.0. The van der Waals surface area contributed by atoms with Crippen LogP contribution in [0.2, 0.25) is 5.02 Å². The van der Waals surface area contributed by atoms with Gasteiger partial charge in [0.15, 0.2) is 0 Å². The number of piperidine rings is 1. The van der Waals surface area contributed by atoms with Gasteiger partial charge in [-0.2, -0.15) is 4.31 Å². The summed E-state index contributed by atoms with van der Waals surface area (Å²) in [5.41, 5.74) is 1.06. The van der Waals surface area contributed by atoms with Crippen molar-refractivity contribution in [2.45, 2.75) is 42.0 Å². The Bertz CT molecular complexity index is 1400. The lowest BCUT2D eigenvalue weighted by Gasteiger charge is -2.38. The number of methoxy groups -OCH3 is 1. The minimum atomic E-state index is -4.09. The summed E-state index contributed by atoms with van der Waals surface area (Å²) in [4.78, 5) is 4.52. The van der Waals surface area contributed by atoms with Gasteiger partial charge in [0.05, 0.1) is 23.2 Å². The Morgan fingerprint density at radius 1 is 1.00 bits per heavy atom. The number of rotatable bonds is 8. The maximum absolute atomic E-state index is 13.8. The monoisotopic (exact) mass is 549 g/mol. The molecule has 8 nitrogen and oxygen atoms in total. The van der Waals surface area contributed by atoms with E-state index in [-0.39, 0.29) is 33.7 Å². The molecule has 0 aliphatic carbocycles. The third-order valence-electron chi connectivity index (χ3n) is 6.28. The van der Waals surface area contributed by atoms with Crippen molar-refractivity contribution in [3.8, 4) is 5.75 Å². The van der Waals surface area contributed by atoms with E-state index in [4.69, 9.17) is 16.3 Å². The number of aromatic nitrogens is 1. The van der Waals surface area contributed by atoms with Crippen LogP contribution in [0, 0.1) is 0 Å². The SMILES string of the molecule is CCc1ccc(S(=O)(=O)N2CCC(N(c3ccc(OC)cn3)S(=O)(=O)c3ccccc3Cl)CC2)cc1. The van der Waals surface area contributed by atoms with Gasteiger partial charge >= 0.3 is 0 Å². The molecule has 0 atom stereocenters. The van der Waals surface area contributed by atoms with Crippen LogP contribution in [0.4, 0.5) is 5.82 Å². The fraction of sp³-hybridized carbons (Fsp3) is 0.320. The highest BCUT2D eigenvalue weighted by Gasteiger charge is 2.38. The standard InChI is InChI=1S/C25H28ClN3O5S2/c1-3-19-8-11-22(12-9-19)35(30,31)28-16-14-20(15-17-28)29(25-13-10-21(34-2)18-27-25)36(32,33)24-7-5-4-6-23(24)26/h4-13,18,20H,3,14-17H2,1-2H3. The summed E-state index contributed by atoms with van der Waals surface area (Å²) in [5.74, 6) is 0.705. The third-order valence-corrected chi connectivity index (χ3v) is 10.5. The summed E-state index contributed by atoms with van der Waals surface area (Å²) in [6.07, 6.45) is 2.86. The molecular formula is C25H28ClN3O5S2. The lowest BCUT2D eigenvalue weighted by molar-refractivity contribution is 0.320. The number of sulfonamides is 2. The van der Waals surface area contributed by atoms with Crippen LogP contribution in [-0.2, 0) is 26.5 Å².